The summed E-state index contributed by atoms with van der Waals surface area (Å²) in [7, 11) is 0. The van der Waals surface area contributed by atoms with Crippen molar-refractivity contribution < 1.29 is 9.59 Å². The van der Waals surface area contributed by atoms with Gasteiger partial charge in [0.25, 0.3) is 11.8 Å². The number of imide groups is 1. The zero-order valence-electron chi connectivity index (χ0n) is 11.2. The second-order valence-electron chi connectivity index (χ2n) is 5.17. The van der Waals surface area contributed by atoms with E-state index in [9.17, 15) is 9.59 Å². The first-order valence-corrected chi connectivity index (χ1v) is 7.22. The van der Waals surface area contributed by atoms with Crippen LogP contribution < -0.4 is 4.90 Å². The molecule has 3 nitrogen and oxygen atoms in total. The Morgan fingerprint density at radius 1 is 1.00 bits per heavy atom. The van der Waals surface area contributed by atoms with Crippen LogP contribution in [0, 0.1) is 6.92 Å². The number of hydrogen-bond acceptors (Lipinski definition) is 3. The van der Waals surface area contributed by atoms with Gasteiger partial charge in [-0.05, 0) is 39.7 Å². The molecule has 98 valence electrons. The molecule has 2 amide bonds. The second-order valence-corrected chi connectivity index (χ2v) is 6.29. The summed E-state index contributed by atoms with van der Waals surface area (Å²) in [4.78, 5) is 27.5. The van der Waals surface area contributed by atoms with Crippen molar-refractivity contribution in [1.29, 1.82) is 0 Å². The van der Waals surface area contributed by atoms with Gasteiger partial charge >= 0.3 is 0 Å². The van der Waals surface area contributed by atoms with E-state index in [4.69, 9.17) is 0 Å². The standard InChI is InChI=1S/C15H15NO2S/c1-8-4-5-9(2)13-12(8)14(17)16(15(13)18)11-6-10(3)19-7-11/h6-7H,4-5H2,1-3H3. The molecule has 0 atom stereocenters. The lowest BCUT2D eigenvalue weighted by Crippen LogP contribution is -2.28. The minimum absolute atomic E-state index is 0.158. The Hall–Kier alpha value is -1.68. The Balaban J connectivity index is 2.16. The van der Waals surface area contributed by atoms with E-state index >= 15 is 0 Å². The average molecular weight is 273 g/mol. The number of hydrogen-bond donors (Lipinski definition) is 0. The van der Waals surface area contributed by atoms with Crippen LogP contribution in [0.3, 0.4) is 0 Å². The molecule has 3 rings (SSSR count). The van der Waals surface area contributed by atoms with Crippen LogP contribution in [0.1, 0.15) is 31.6 Å². The van der Waals surface area contributed by atoms with Crippen molar-refractivity contribution in [2.75, 3.05) is 4.90 Å². The zero-order valence-corrected chi connectivity index (χ0v) is 12.1. The third-order valence-corrected chi connectivity index (χ3v) is 4.64. The van der Waals surface area contributed by atoms with Gasteiger partial charge in [0.05, 0.1) is 16.8 Å². The first-order valence-electron chi connectivity index (χ1n) is 6.34. The maximum atomic E-state index is 12.5. The minimum Gasteiger partial charge on any atom is -0.268 e. The Morgan fingerprint density at radius 3 is 1.95 bits per heavy atom. The molecule has 4 heteroatoms. The van der Waals surface area contributed by atoms with Crippen LogP contribution in [0.2, 0.25) is 0 Å². The van der Waals surface area contributed by atoms with E-state index in [1.165, 1.54) is 4.90 Å². The molecule has 19 heavy (non-hydrogen) atoms. The molecule has 1 aromatic rings. The summed E-state index contributed by atoms with van der Waals surface area (Å²) < 4.78 is 0. The highest BCUT2D eigenvalue weighted by molar-refractivity contribution is 7.10. The fourth-order valence-electron chi connectivity index (χ4n) is 2.73. The van der Waals surface area contributed by atoms with Crippen molar-refractivity contribution in [1.82, 2.24) is 0 Å². The highest BCUT2D eigenvalue weighted by Crippen LogP contribution is 2.39. The molecule has 1 aliphatic carbocycles. The summed E-state index contributed by atoms with van der Waals surface area (Å²) in [5, 5.41) is 1.87. The number of carbonyl (C=O) groups excluding carboxylic acids is 2. The highest BCUT2D eigenvalue weighted by atomic mass is 32.1. The number of fused-ring (bicyclic) bond motifs is 1. The van der Waals surface area contributed by atoms with E-state index in [2.05, 4.69) is 0 Å². The lowest BCUT2D eigenvalue weighted by molar-refractivity contribution is -0.119. The van der Waals surface area contributed by atoms with Gasteiger partial charge in [-0.15, -0.1) is 11.3 Å². The summed E-state index contributed by atoms with van der Waals surface area (Å²) >= 11 is 1.55. The van der Waals surface area contributed by atoms with Crippen molar-refractivity contribution in [3.05, 3.63) is 38.6 Å². The molecule has 0 radical (unpaired) electrons. The van der Waals surface area contributed by atoms with Crippen molar-refractivity contribution in [2.45, 2.75) is 33.6 Å². The molecular weight excluding hydrogens is 258 g/mol. The summed E-state index contributed by atoms with van der Waals surface area (Å²) in [6.45, 7) is 5.88. The Kier molecular flexibility index (Phi) is 2.71. The van der Waals surface area contributed by atoms with E-state index in [1.807, 2.05) is 32.2 Å². The number of anilines is 1. The van der Waals surface area contributed by atoms with E-state index < -0.39 is 0 Å². The molecule has 0 aromatic carbocycles. The smallest absolute Gasteiger partial charge is 0.266 e. The number of thiophene rings is 1. The van der Waals surface area contributed by atoms with Gasteiger partial charge in [-0.1, -0.05) is 11.1 Å². The lowest BCUT2D eigenvalue weighted by Gasteiger charge is -2.13. The van der Waals surface area contributed by atoms with Crippen LogP contribution in [0.25, 0.3) is 0 Å². The van der Waals surface area contributed by atoms with E-state index in [0.717, 1.165) is 28.9 Å². The van der Waals surface area contributed by atoms with E-state index in [0.29, 0.717) is 16.8 Å². The molecule has 0 saturated carbocycles. The molecular formula is C15H15NO2S. The molecule has 0 N–H and O–H groups in total. The lowest BCUT2D eigenvalue weighted by atomic mass is 9.88. The minimum atomic E-state index is -0.158. The van der Waals surface area contributed by atoms with Gasteiger partial charge in [-0.25, -0.2) is 4.90 Å². The Bertz CT molecular complexity index is 625. The Labute approximate surface area is 116 Å². The molecule has 0 unspecified atom stereocenters. The monoisotopic (exact) mass is 273 g/mol. The van der Waals surface area contributed by atoms with Crippen LogP contribution in [0.5, 0.6) is 0 Å². The average Bonchev–Trinajstić information content (AvgIpc) is 2.87. The van der Waals surface area contributed by atoms with E-state index in [1.54, 1.807) is 11.3 Å². The second kappa shape index (κ2) is 4.17. The predicted octanol–water partition coefficient (Wildman–Crippen LogP) is 3.36. The van der Waals surface area contributed by atoms with Crippen LogP contribution in [0.4, 0.5) is 5.69 Å². The maximum Gasteiger partial charge on any atom is 0.266 e. The summed E-state index contributed by atoms with van der Waals surface area (Å²) in [5.41, 5.74) is 4.05. The van der Waals surface area contributed by atoms with E-state index in [-0.39, 0.29) is 11.8 Å². The number of nitrogens with zero attached hydrogens (tertiary/aromatic N) is 1. The SMILES string of the molecule is CC1=C2C(=O)N(c3csc(C)c3)C(=O)C2=C(C)CC1. The fraction of sp³-hybridized carbons (Fsp3) is 0.333. The third kappa shape index (κ3) is 1.70. The van der Waals surface area contributed by atoms with Crippen LogP contribution >= 0.6 is 11.3 Å². The van der Waals surface area contributed by atoms with Crippen LogP contribution in [-0.2, 0) is 9.59 Å². The number of carbonyl (C=O) groups is 2. The van der Waals surface area contributed by atoms with Gasteiger partial charge in [-0.3, -0.25) is 9.59 Å². The molecule has 2 heterocycles. The quantitative estimate of drug-likeness (QED) is 0.736. The van der Waals surface area contributed by atoms with Crippen LogP contribution in [-0.4, -0.2) is 11.8 Å². The van der Waals surface area contributed by atoms with Crippen molar-refractivity contribution >= 4 is 28.8 Å². The molecule has 1 aromatic heterocycles. The summed E-state index contributed by atoms with van der Waals surface area (Å²) in [5.74, 6) is -0.316. The van der Waals surface area contributed by atoms with Gasteiger partial charge in [-0.2, -0.15) is 0 Å². The highest BCUT2D eigenvalue weighted by Gasteiger charge is 2.43. The van der Waals surface area contributed by atoms with Crippen molar-refractivity contribution in [3.63, 3.8) is 0 Å². The topological polar surface area (TPSA) is 37.4 Å². The van der Waals surface area contributed by atoms with Gasteiger partial charge < -0.3 is 0 Å². The molecule has 1 aliphatic heterocycles. The van der Waals surface area contributed by atoms with Gasteiger partial charge in [0.15, 0.2) is 0 Å². The molecule has 2 aliphatic rings. The first-order chi connectivity index (χ1) is 9.00. The third-order valence-electron chi connectivity index (χ3n) is 3.79. The summed E-state index contributed by atoms with van der Waals surface area (Å²) in [6, 6.07) is 1.89. The number of rotatable bonds is 1. The number of amides is 2. The van der Waals surface area contributed by atoms with Gasteiger partial charge in [0, 0.05) is 10.3 Å². The molecule has 1 saturated heterocycles. The normalized spacial score (nSPS) is 19.6. The summed E-state index contributed by atoms with van der Waals surface area (Å²) in [6.07, 6.45) is 1.75. The maximum absolute atomic E-state index is 12.5. The zero-order chi connectivity index (χ0) is 13.7. The van der Waals surface area contributed by atoms with Gasteiger partial charge in [0.1, 0.15) is 0 Å². The largest absolute Gasteiger partial charge is 0.268 e. The molecule has 1 fully saturated rings. The number of allylic oxidation sites excluding steroid dienone is 2. The van der Waals surface area contributed by atoms with Gasteiger partial charge in [0.2, 0.25) is 0 Å². The molecule has 0 bridgehead atoms. The molecule has 0 spiro atoms. The fourth-order valence-corrected chi connectivity index (χ4v) is 3.40. The van der Waals surface area contributed by atoms with Crippen LogP contribution in [0.15, 0.2) is 33.7 Å². The first kappa shape index (κ1) is 12.4. The number of aryl methyl sites for hydroxylation is 1. The Morgan fingerprint density at radius 2 is 1.53 bits per heavy atom. The predicted molar refractivity (Wildman–Crippen MR) is 76.2 cm³/mol. The van der Waals surface area contributed by atoms with Crippen molar-refractivity contribution in [3.8, 4) is 0 Å². The van der Waals surface area contributed by atoms with Crippen molar-refractivity contribution in [2.24, 2.45) is 0 Å².